The Hall–Kier alpha value is -1.06. The summed E-state index contributed by atoms with van der Waals surface area (Å²) in [6, 6.07) is 0. The Balaban J connectivity index is 3.82. The molecule has 0 aromatic carbocycles. The van der Waals surface area contributed by atoms with Gasteiger partial charge in [-0.25, -0.2) is 0 Å². The third-order valence-electron chi connectivity index (χ3n) is 3.37. The van der Waals surface area contributed by atoms with Crippen molar-refractivity contribution in [3.05, 3.63) is 0 Å². The fourth-order valence-electron chi connectivity index (χ4n) is 2.21. The van der Waals surface area contributed by atoms with Crippen molar-refractivity contribution in [3.63, 3.8) is 0 Å². The molecule has 0 fully saturated rings. The van der Waals surface area contributed by atoms with Crippen molar-refractivity contribution < 1.29 is 19.4 Å². The number of esters is 1. The minimum Gasteiger partial charge on any atom is -0.481 e. The lowest BCUT2D eigenvalue weighted by Crippen LogP contribution is -2.25. The monoisotopic (exact) mass is 286 g/mol. The van der Waals surface area contributed by atoms with Crippen LogP contribution in [0.4, 0.5) is 0 Å². The summed E-state index contributed by atoms with van der Waals surface area (Å²) in [5.74, 6) is -0.521. The molecule has 1 unspecified atom stereocenters. The van der Waals surface area contributed by atoms with Gasteiger partial charge in [0, 0.05) is 6.42 Å². The highest BCUT2D eigenvalue weighted by Crippen LogP contribution is 2.21. The lowest BCUT2D eigenvalue weighted by Gasteiger charge is -2.20. The summed E-state index contributed by atoms with van der Waals surface area (Å²) in [5, 5.41) is 8.53. The van der Waals surface area contributed by atoms with Gasteiger partial charge < -0.3 is 9.84 Å². The Kier molecular flexibility index (Phi) is 10.1. The van der Waals surface area contributed by atoms with E-state index in [9.17, 15) is 9.59 Å². The van der Waals surface area contributed by atoms with Gasteiger partial charge in [0.15, 0.2) is 0 Å². The zero-order valence-corrected chi connectivity index (χ0v) is 13.4. The molecule has 0 aliphatic heterocycles. The van der Waals surface area contributed by atoms with Gasteiger partial charge in [-0.1, -0.05) is 39.5 Å². The molecule has 0 amide bonds. The second kappa shape index (κ2) is 10.7. The molecule has 0 radical (unpaired) electrons. The number of carbonyl (C=O) groups is 2. The molecule has 20 heavy (non-hydrogen) atoms. The molecule has 1 N–H and O–H groups in total. The number of carbonyl (C=O) groups excluding carboxylic acids is 1. The van der Waals surface area contributed by atoms with Gasteiger partial charge >= 0.3 is 11.9 Å². The Morgan fingerprint density at radius 3 is 2.00 bits per heavy atom. The largest absolute Gasteiger partial charge is 0.481 e. The maximum Gasteiger partial charge on any atom is 0.309 e. The van der Waals surface area contributed by atoms with E-state index < -0.39 is 5.97 Å². The van der Waals surface area contributed by atoms with E-state index in [2.05, 4.69) is 13.8 Å². The fourth-order valence-corrected chi connectivity index (χ4v) is 2.21. The summed E-state index contributed by atoms with van der Waals surface area (Å²) in [5.41, 5.74) is 0. The second-order valence-electron chi connectivity index (χ2n) is 6.04. The molecule has 0 spiro atoms. The summed E-state index contributed by atoms with van der Waals surface area (Å²) in [6.45, 7) is 7.85. The second-order valence-corrected chi connectivity index (χ2v) is 6.04. The highest BCUT2D eigenvalue weighted by Gasteiger charge is 2.23. The van der Waals surface area contributed by atoms with Gasteiger partial charge in [0.25, 0.3) is 0 Å². The van der Waals surface area contributed by atoms with Gasteiger partial charge in [-0.3, -0.25) is 9.59 Å². The SMILES string of the molecule is CC(C)OC(=O)C(CCCCCCCC(=O)O)C(C)C. The van der Waals surface area contributed by atoms with Crippen LogP contribution in [0.3, 0.4) is 0 Å². The van der Waals surface area contributed by atoms with Gasteiger partial charge in [-0.05, 0) is 32.6 Å². The van der Waals surface area contributed by atoms with Crippen LogP contribution in [0.5, 0.6) is 0 Å². The molecule has 0 aromatic rings. The minimum absolute atomic E-state index is 0.0172. The van der Waals surface area contributed by atoms with Crippen molar-refractivity contribution in [2.24, 2.45) is 11.8 Å². The number of hydrogen-bond acceptors (Lipinski definition) is 3. The third kappa shape index (κ3) is 9.82. The number of aliphatic carboxylic acids is 1. The van der Waals surface area contributed by atoms with Crippen molar-refractivity contribution >= 4 is 11.9 Å². The van der Waals surface area contributed by atoms with E-state index in [4.69, 9.17) is 9.84 Å². The lowest BCUT2D eigenvalue weighted by atomic mass is 9.90. The van der Waals surface area contributed by atoms with E-state index in [1.165, 1.54) is 0 Å². The Bertz CT molecular complexity index is 284. The first-order valence-corrected chi connectivity index (χ1v) is 7.76. The normalized spacial score (nSPS) is 12.7. The molecule has 1 atom stereocenters. The van der Waals surface area contributed by atoms with Crippen molar-refractivity contribution in [2.45, 2.75) is 78.7 Å². The van der Waals surface area contributed by atoms with Gasteiger partial charge in [0.05, 0.1) is 12.0 Å². The van der Waals surface area contributed by atoms with E-state index in [0.717, 1.165) is 38.5 Å². The number of ether oxygens (including phenoxy) is 1. The van der Waals surface area contributed by atoms with Crippen LogP contribution in [0.25, 0.3) is 0 Å². The van der Waals surface area contributed by atoms with Gasteiger partial charge in [0.2, 0.25) is 0 Å². The van der Waals surface area contributed by atoms with Crippen LogP contribution in [0.15, 0.2) is 0 Å². The standard InChI is InChI=1S/C16H30O4/c1-12(2)14(16(19)20-13(3)4)10-8-6-5-7-9-11-15(17)18/h12-14H,5-11H2,1-4H3,(H,17,18). The van der Waals surface area contributed by atoms with Crippen molar-refractivity contribution in [1.29, 1.82) is 0 Å². The molecule has 0 saturated heterocycles. The van der Waals surface area contributed by atoms with E-state index in [1.807, 2.05) is 13.8 Å². The first kappa shape index (κ1) is 18.9. The van der Waals surface area contributed by atoms with Gasteiger partial charge in [0.1, 0.15) is 0 Å². The minimum atomic E-state index is -0.721. The predicted molar refractivity (Wildman–Crippen MR) is 79.5 cm³/mol. The van der Waals surface area contributed by atoms with Crippen molar-refractivity contribution in [2.75, 3.05) is 0 Å². The summed E-state index contributed by atoms with van der Waals surface area (Å²) >= 11 is 0. The average molecular weight is 286 g/mol. The molecular formula is C16H30O4. The van der Waals surface area contributed by atoms with E-state index in [-0.39, 0.29) is 24.4 Å². The van der Waals surface area contributed by atoms with Crippen LogP contribution in [-0.2, 0) is 14.3 Å². The number of carboxylic acids is 1. The lowest BCUT2D eigenvalue weighted by molar-refractivity contribution is -0.154. The van der Waals surface area contributed by atoms with Crippen LogP contribution < -0.4 is 0 Å². The molecule has 0 aliphatic carbocycles. The maximum absolute atomic E-state index is 11.9. The van der Waals surface area contributed by atoms with Gasteiger partial charge in [-0.15, -0.1) is 0 Å². The molecule has 4 heteroatoms. The maximum atomic E-state index is 11.9. The summed E-state index contributed by atoms with van der Waals surface area (Å²) in [4.78, 5) is 22.3. The van der Waals surface area contributed by atoms with Crippen molar-refractivity contribution in [3.8, 4) is 0 Å². The van der Waals surface area contributed by atoms with Crippen LogP contribution >= 0.6 is 0 Å². The van der Waals surface area contributed by atoms with Crippen LogP contribution in [0.2, 0.25) is 0 Å². The van der Waals surface area contributed by atoms with E-state index >= 15 is 0 Å². The Morgan fingerprint density at radius 1 is 0.950 bits per heavy atom. The summed E-state index contributed by atoms with van der Waals surface area (Å²) < 4.78 is 5.29. The fraction of sp³-hybridized carbons (Fsp3) is 0.875. The number of unbranched alkanes of at least 4 members (excludes halogenated alkanes) is 4. The molecule has 0 heterocycles. The quantitative estimate of drug-likeness (QED) is 0.460. The first-order valence-electron chi connectivity index (χ1n) is 7.76. The highest BCUT2D eigenvalue weighted by atomic mass is 16.5. The Morgan fingerprint density at radius 2 is 1.50 bits per heavy atom. The van der Waals surface area contributed by atoms with E-state index in [1.54, 1.807) is 0 Å². The molecule has 0 bridgehead atoms. The van der Waals surface area contributed by atoms with Crippen LogP contribution in [0, 0.1) is 11.8 Å². The molecule has 0 aliphatic rings. The number of rotatable bonds is 11. The first-order chi connectivity index (χ1) is 9.34. The van der Waals surface area contributed by atoms with Crippen LogP contribution in [-0.4, -0.2) is 23.1 Å². The van der Waals surface area contributed by atoms with Crippen molar-refractivity contribution in [1.82, 2.24) is 0 Å². The molecule has 0 aromatic heterocycles. The van der Waals surface area contributed by atoms with E-state index in [0.29, 0.717) is 5.92 Å². The average Bonchev–Trinajstić information content (AvgIpc) is 2.30. The smallest absolute Gasteiger partial charge is 0.309 e. The predicted octanol–water partition coefficient (Wildman–Crippen LogP) is 4.03. The summed E-state index contributed by atoms with van der Waals surface area (Å²) in [7, 11) is 0. The molecule has 118 valence electrons. The van der Waals surface area contributed by atoms with Gasteiger partial charge in [-0.2, -0.15) is 0 Å². The molecular weight excluding hydrogens is 256 g/mol. The molecule has 0 saturated carbocycles. The molecule has 4 nitrogen and oxygen atoms in total. The third-order valence-corrected chi connectivity index (χ3v) is 3.37. The number of carboxylic acid groups (broad SMARTS) is 1. The topological polar surface area (TPSA) is 63.6 Å². The number of hydrogen-bond donors (Lipinski definition) is 1. The summed E-state index contributed by atoms with van der Waals surface area (Å²) in [6.07, 6.45) is 5.86. The highest BCUT2D eigenvalue weighted by molar-refractivity contribution is 5.72. The zero-order chi connectivity index (χ0) is 15.5. The molecule has 0 rings (SSSR count). The Labute approximate surface area is 122 Å². The van der Waals surface area contributed by atoms with Crippen LogP contribution in [0.1, 0.15) is 72.6 Å². The zero-order valence-electron chi connectivity index (χ0n) is 13.4.